The summed E-state index contributed by atoms with van der Waals surface area (Å²) in [5.74, 6) is 1.43. The Morgan fingerprint density at radius 3 is 2.82 bits per heavy atom. The van der Waals surface area contributed by atoms with Crippen molar-refractivity contribution in [1.82, 2.24) is 9.88 Å². The summed E-state index contributed by atoms with van der Waals surface area (Å²) in [4.78, 5) is 11.7. The molecule has 4 nitrogen and oxygen atoms in total. The van der Waals surface area contributed by atoms with Crippen LogP contribution in [0.4, 0.5) is 0 Å². The van der Waals surface area contributed by atoms with Crippen molar-refractivity contribution in [3.8, 4) is 0 Å². The molecular weight excluding hydrogens is 236 g/mol. The second-order valence-electron chi connectivity index (χ2n) is 4.63. The zero-order chi connectivity index (χ0) is 12.9. The predicted molar refractivity (Wildman–Crippen MR) is 71.4 cm³/mol. The average Bonchev–Trinajstić information content (AvgIpc) is 2.62. The van der Waals surface area contributed by atoms with Gasteiger partial charge in [-0.2, -0.15) is 11.8 Å². The summed E-state index contributed by atoms with van der Waals surface area (Å²) in [6, 6.07) is 3.64. The minimum absolute atomic E-state index is 0.0543. The number of carbonyl (C=O) groups excluding carboxylic acids is 1. The van der Waals surface area contributed by atoms with Gasteiger partial charge in [-0.1, -0.05) is 0 Å². The summed E-state index contributed by atoms with van der Waals surface area (Å²) in [6.45, 7) is 4.18. The highest BCUT2D eigenvalue weighted by Crippen LogP contribution is 2.11. The first-order chi connectivity index (χ1) is 7.90. The third-order valence-corrected chi connectivity index (χ3v) is 3.57. The highest BCUT2D eigenvalue weighted by molar-refractivity contribution is 7.99. The first-order valence-electron chi connectivity index (χ1n) is 5.60. The Morgan fingerprint density at radius 1 is 1.59 bits per heavy atom. The highest BCUT2D eigenvalue weighted by atomic mass is 32.2. The van der Waals surface area contributed by atoms with E-state index in [-0.39, 0.29) is 5.91 Å². The van der Waals surface area contributed by atoms with Gasteiger partial charge >= 0.3 is 0 Å². The summed E-state index contributed by atoms with van der Waals surface area (Å²) in [5, 5.41) is 12.4. The van der Waals surface area contributed by atoms with Crippen LogP contribution in [0.2, 0.25) is 0 Å². The SMILES string of the molecule is Cn1cccc1C(=O)NCCSCC(C)(C)O. The maximum absolute atomic E-state index is 11.7. The zero-order valence-electron chi connectivity index (χ0n) is 10.6. The molecule has 0 aliphatic carbocycles. The number of aliphatic hydroxyl groups is 1. The summed E-state index contributed by atoms with van der Waals surface area (Å²) >= 11 is 1.63. The van der Waals surface area contributed by atoms with Crippen LogP contribution in [-0.2, 0) is 7.05 Å². The number of nitrogens with zero attached hydrogens (tertiary/aromatic N) is 1. The van der Waals surface area contributed by atoms with Gasteiger partial charge in [0.15, 0.2) is 0 Å². The predicted octanol–water partition coefficient (Wildman–Crippen LogP) is 1.26. The molecule has 17 heavy (non-hydrogen) atoms. The number of aromatic nitrogens is 1. The standard InChI is InChI=1S/C12H20N2O2S/c1-12(2,16)9-17-8-6-13-11(15)10-5-4-7-14(10)3/h4-5,7,16H,6,8-9H2,1-3H3,(H,13,15). The van der Waals surface area contributed by atoms with Crippen molar-refractivity contribution in [2.24, 2.45) is 7.05 Å². The molecule has 5 heteroatoms. The van der Waals surface area contributed by atoms with Crippen LogP contribution in [-0.4, -0.2) is 39.2 Å². The Balaban J connectivity index is 2.20. The number of aryl methyl sites for hydroxylation is 1. The molecule has 0 unspecified atom stereocenters. The maximum Gasteiger partial charge on any atom is 0.267 e. The van der Waals surface area contributed by atoms with E-state index in [0.717, 1.165) is 5.75 Å². The molecular formula is C12H20N2O2S. The molecule has 0 radical (unpaired) electrons. The topological polar surface area (TPSA) is 54.3 Å². The number of rotatable bonds is 6. The lowest BCUT2D eigenvalue weighted by molar-refractivity contribution is 0.0948. The third kappa shape index (κ3) is 5.28. The molecule has 0 atom stereocenters. The Hall–Kier alpha value is -0.940. The highest BCUT2D eigenvalue weighted by Gasteiger charge is 2.12. The van der Waals surface area contributed by atoms with E-state index in [9.17, 15) is 9.90 Å². The molecule has 0 fully saturated rings. The van der Waals surface area contributed by atoms with Gasteiger partial charge in [0.25, 0.3) is 5.91 Å². The molecule has 0 spiro atoms. The van der Waals surface area contributed by atoms with Crippen molar-refractivity contribution in [2.75, 3.05) is 18.1 Å². The Bertz CT molecular complexity index is 369. The third-order valence-electron chi connectivity index (χ3n) is 2.16. The number of amides is 1. The van der Waals surface area contributed by atoms with Crippen molar-refractivity contribution in [3.63, 3.8) is 0 Å². The minimum atomic E-state index is -0.646. The molecule has 1 aromatic rings. The van der Waals surface area contributed by atoms with Crippen LogP contribution in [0.1, 0.15) is 24.3 Å². The largest absolute Gasteiger partial charge is 0.390 e. The van der Waals surface area contributed by atoms with Crippen LogP contribution in [0.5, 0.6) is 0 Å². The van der Waals surface area contributed by atoms with Gasteiger partial charge in [0.1, 0.15) is 5.69 Å². The molecule has 2 N–H and O–H groups in total. The first-order valence-corrected chi connectivity index (χ1v) is 6.75. The van der Waals surface area contributed by atoms with Crippen molar-refractivity contribution in [2.45, 2.75) is 19.4 Å². The molecule has 0 aliphatic heterocycles. The van der Waals surface area contributed by atoms with Gasteiger partial charge in [0, 0.05) is 31.3 Å². The fourth-order valence-electron chi connectivity index (χ4n) is 1.35. The van der Waals surface area contributed by atoms with Crippen LogP contribution in [0.3, 0.4) is 0 Å². The maximum atomic E-state index is 11.7. The van der Waals surface area contributed by atoms with Crippen molar-refractivity contribution >= 4 is 17.7 Å². The van der Waals surface area contributed by atoms with Crippen molar-refractivity contribution < 1.29 is 9.90 Å². The van der Waals surface area contributed by atoms with E-state index in [1.54, 1.807) is 36.2 Å². The second-order valence-corrected chi connectivity index (χ2v) is 5.73. The molecule has 1 heterocycles. The lowest BCUT2D eigenvalue weighted by Gasteiger charge is -2.16. The molecule has 0 bridgehead atoms. The van der Waals surface area contributed by atoms with Gasteiger partial charge in [-0.3, -0.25) is 4.79 Å². The summed E-state index contributed by atoms with van der Waals surface area (Å²) < 4.78 is 1.79. The van der Waals surface area contributed by atoms with E-state index in [2.05, 4.69) is 5.32 Å². The van der Waals surface area contributed by atoms with Gasteiger partial charge in [0.2, 0.25) is 0 Å². The number of hydrogen-bond donors (Lipinski definition) is 2. The average molecular weight is 256 g/mol. The Morgan fingerprint density at radius 2 is 2.29 bits per heavy atom. The van der Waals surface area contributed by atoms with Crippen LogP contribution in [0.25, 0.3) is 0 Å². The summed E-state index contributed by atoms with van der Waals surface area (Å²) in [6.07, 6.45) is 1.85. The quantitative estimate of drug-likeness (QED) is 0.753. The lowest BCUT2D eigenvalue weighted by Crippen LogP contribution is -2.28. The summed E-state index contributed by atoms with van der Waals surface area (Å²) in [7, 11) is 1.85. The summed E-state index contributed by atoms with van der Waals surface area (Å²) in [5.41, 5.74) is 0.0183. The van der Waals surface area contributed by atoms with Gasteiger partial charge in [-0.25, -0.2) is 0 Å². The Kier molecular flexibility index (Phi) is 5.08. The smallest absolute Gasteiger partial charge is 0.267 e. The van der Waals surface area contributed by atoms with Crippen LogP contribution >= 0.6 is 11.8 Å². The van der Waals surface area contributed by atoms with E-state index >= 15 is 0 Å². The van der Waals surface area contributed by atoms with E-state index < -0.39 is 5.60 Å². The fourth-order valence-corrected chi connectivity index (χ4v) is 2.24. The van der Waals surface area contributed by atoms with E-state index in [0.29, 0.717) is 18.0 Å². The first kappa shape index (κ1) is 14.1. The number of nitrogens with one attached hydrogen (secondary N) is 1. The second kappa shape index (κ2) is 6.12. The normalized spacial score (nSPS) is 11.5. The van der Waals surface area contributed by atoms with Crippen molar-refractivity contribution in [3.05, 3.63) is 24.0 Å². The fraction of sp³-hybridized carbons (Fsp3) is 0.583. The zero-order valence-corrected chi connectivity index (χ0v) is 11.4. The molecule has 96 valence electrons. The van der Waals surface area contributed by atoms with Crippen LogP contribution < -0.4 is 5.32 Å². The molecule has 0 saturated heterocycles. The van der Waals surface area contributed by atoms with Gasteiger partial charge in [0.05, 0.1) is 5.60 Å². The number of carbonyl (C=O) groups is 1. The van der Waals surface area contributed by atoms with Crippen molar-refractivity contribution in [1.29, 1.82) is 0 Å². The van der Waals surface area contributed by atoms with Gasteiger partial charge < -0.3 is 15.0 Å². The number of hydrogen-bond acceptors (Lipinski definition) is 3. The minimum Gasteiger partial charge on any atom is -0.390 e. The molecule has 1 amide bonds. The van der Waals surface area contributed by atoms with E-state index in [1.807, 2.05) is 19.3 Å². The lowest BCUT2D eigenvalue weighted by atomic mass is 10.2. The van der Waals surface area contributed by atoms with Gasteiger partial charge in [-0.05, 0) is 26.0 Å². The molecule has 0 aromatic carbocycles. The molecule has 1 rings (SSSR count). The molecule has 1 aromatic heterocycles. The molecule has 0 aliphatic rings. The molecule has 0 saturated carbocycles. The monoisotopic (exact) mass is 256 g/mol. The van der Waals surface area contributed by atoms with Gasteiger partial charge in [-0.15, -0.1) is 0 Å². The van der Waals surface area contributed by atoms with Crippen LogP contribution in [0.15, 0.2) is 18.3 Å². The van der Waals surface area contributed by atoms with E-state index in [4.69, 9.17) is 0 Å². The van der Waals surface area contributed by atoms with E-state index in [1.165, 1.54) is 0 Å². The number of thioether (sulfide) groups is 1. The Labute approximate surface area is 106 Å². The van der Waals surface area contributed by atoms with Crippen LogP contribution in [0, 0.1) is 0 Å².